The molecular weight excluding hydrogens is 355 g/mol. The molecule has 24 heavy (non-hydrogen) atoms. The predicted octanol–water partition coefficient (Wildman–Crippen LogP) is 4.30. The van der Waals surface area contributed by atoms with Gasteiger partial charge in [0.2, 0.25) is 0 Å². The molecule has 2 aromatic carbocycles. The van der Waals surface area contributed by atoms with E-state index in [0.717, 1.165) is 0 Å². The lowest BCUT2D eigenvalue weighted by Crippen LogP contribution is -2.23. The minimum atomic E-state index is -1.02. The fraction of sp³-hybridized carbons (Fsp3) is 0.118. The number of rotatable bonds is 2. The summed E-state index contributed by atoms with van der Waals surface area (Å²) in [6.45, 7) is 1.69. The van der Waals surface area contributed by atoms with Crippen molar-refractivity contribution in [3.05, 3.63) is 62.6 Å². The zero-order chi connectivity index (χ0) is 17.4. The molecule has 0 heterocycles. The molecule has 1 aliphatic rings. The quantitative estimate of drug-likeness (QED) is 0.500. The first-order valence-electron chi connectivity index (χ1n) is 7.00. The second-order valence-electron chi connectivity index (χ2n) is 4.91. The second-order valence-corrected chi connectivity index (χ2v) is 5.72. The number of fused-ring (bicyclic) bond motifs is 2. The summed E-state index contributed by atoms with van der Waals surface area (Å²) in [5.74, 6) is -1.16. The zero-order valence-electron chi connectivity index (χ0n) is 12.4. The molecule has 0 fully saturated rings. The van der Waals surface area contributed by atoms with Crippen LogP contribution in [-0.4, -0.2) is 24.3 Å². The van der Waals surface area contributed by atoms with Gasteiger partial charge in [0, 0.05) is 11.1 Å². The Hall–Kier alpha value is -2.37. The lowest BCUT2D eigenvalue weighted by molar-refractivity contribution is 0.0957. The molecule has 0 atom stereocenters. The number of ketones is 2. The Bertz CT molecular complexity index is 889. The summed E-state index contributed by atoms with van der Waals surface area (Å²) in [7, 11) is 0. The summed E-state index contributed by atoms with van der Waals surface area (Å²) >= 11 is 12.2. The van der Waals surface area contributed by atoms with Crippen LogP contribution in [0.2, 0.25) is 10.0 Å². The molecule has 0 aromatic heterocycles. The first kappa shape index (κ1) is 16.5. The van der Waals surface area contributed by atoms with Crippen LogP contribution in [0, 0.1) is 0 Å². The van der Waals surface area contributed by atoms with Gasteiger partial charge in [0.1, 0.15) is 0 Å². The molecule has 0 bridgehead atoms. The summed E-state index contributed by atoms with van der Waals surface area (Å²) in [6.07, 6.45) is -1.02. The van der Waals surface area contributed by atoms with E-state index in [0.29, 0.717) is 0 Å². The first-order valence-corrected chi connectivity index (χ1v) is 7.76. The highest BCUT2D eigenvalue weighted by atomic mass is 35.5. The number of halogens is 2. The van der Waals surface area contributed by atoms with Crippen molar-refractivity contribution in [2.45, 2.75) is 6.92 Å². The Kier molecular flexibility index (Phi) is 4.30. The minimum Gasteiger partial charge on any atom is -0.434 e. The van der Waals surface area contributed by atoms with Gasteiger partial charge in [0.25, 0.3) is 0 Å². The first-order chi connectivity index (χ1) is 11.5. The van der Waals surface area contributed by atoms with Crippen LogP contribution in [0.1, 0.15) is 38.8 Å². The molecule has 0 radical (unpaired) electrons. The molecule has 0 unspecified atom stereocenters. The van der Waals surface area contributed by atoms with E-state index in [1.54, 1.807) is 19.1 Å². The van der Waals surface area contributed by atoms with Crippen molar-refractivity contribution >= 4 is 40.9 Å². The van der Waals surface area contributed by atoms with E-state index < -0.39 is 17.7 Å². The molecule has 122 valence electrons. The van der Waals surface area contributed by atoms with E-state index >= 15 is 0 Å². The molecule has 0 N–H and O–H groups in total. The number of carbonyl (C=O) groups is 3. The monoisotopic (exact) mass is 364 g/mol. The molecule has 1 aliphatic carbocycles. The average Bonchev–Trinajstić information content (AvgIpc) is 2.55. The molecule has 3 rings (SSSR count). The third-order valence-electron chi connectivity index (χ3n) is 3.50. The van der Waals surface area contributed by atoms with Gasteiger partial charge in [0.15, 0.2) is 17.3 Å². The van der Waals surface area contributed by atoms with Gasteiger partial charge in [-0.05, 0) is 13.0 Å². The highest BCUT2D eigenvalue weighted by molar-refractivity contribution is 6.42. The van der Waals surface area contributed by atoms with Gasteiger partial charge < -0.3 is 9.47 Å². The van der Waals surface area contributed by atoms with Crippen LogP contribution in [0.4, 0.5) is 4.79 Å². The van der Waals surface area contributed by atoms with Crippen molar-refractivity contribution < 1.29 is 23.9 Å². The molecule has 0 amide bonds. The van der Waals surface area contributed by atoms with Gasteiger partial charge in [-0.1, -0.05) is 47.5 Å². The molecule has 5 nitrogen and oxygen atoms in total. The van der Waals surface area contributed by atoms with E-state index in [1.165, 1.54) is 18.2 Å². The van der Waals surface area contributed by atoms with Crippen molar-refractivity contribution in [3.63, 3.8) is 0 Å². The molecular formula is C17H10Cl2O5. The Morgan fingerprint density at radius 2 is 1.58 bits per heavy atom. The number of hydrogen-bond donors (Lipinski definition) is 0. The third-order valence-corrected chi connectivity index (χ3v) is 4.08. The largest absolute Gasteiger partial charge is 0.513 e. The maximum absolute atomic E-state index is 12.8. The van der Waals surface area contributed by atoms with E-state index in [1.807, 2.05) is 0 Å². The van der Waals surface area contributed by atoms with E-state index in [2.05, 4.69) is 0 Å². The van der Waals surface area contributed by atoms with E-state index in [4.69, 9.17) is 32.7 Å². The Morgan fingerprint density at radius 1 is 1.00 bits per heavy atom. The van der Waals surface area contributed by atoms with Crippen LogP contribution in [-0.2, 0) is 4.74 Å². The SMILES string of the molecule is CCOC(=O)Oc1c(Cl)cc(Cl)c2c1C(=O)c1ccccc1C2=O. The van der Waals surface area contributed by atoms with Crippen molar-refractivity contribution in [1.29, 1.82) is 0 Å². The molecule has 0 saturated heterocycles. The summed E-state index contributed by atoms with van der Waals surface area (Å²) in [5.41, 5.74) is 0.261. The fourth-order valence-electron chi connectivity index (χ4n) is 2.52. The molecule has 0 spiro atoms. The molecule has 7 heteroatoms. The predicted molar refractivity (Wildman–Crippen MR) is 87.4 cm³/mol. The summed E-state index contributed by atoms with van der Waals surface area (Å²) < 4.78 is 9.75. The van der Waals surface area contributed by atoms with Crippen LogP contribution in [0.25, 0.3) is 0 Å². The van der Waals surface area contributed by atoms with Gasteiger partial charge in [-0.2, -0.15) is 0 Å². The maximum Gasteiger partial charge on any atom is 0.513 e. The van der Waals surface area contributed by atoms with Crippen molar-refractivity contribution in [3.8, 4) is 5.75 Å². The van der Waals surface area contributed by atoms with Crippen LogP contribution in [0.5, 0.6) is 5.75 Å². The van der Waals surface area contributed by atoms with Crippen molar-refractivity contribution in [1.82, 2.24) is 0 Å². The van der Waals surface area contributed by atoms with Crippen LogP contribution in [0.3, 0.4) is 0 Å². The summed E-state index contributed by atoms with van der Waals surface area (Å²) in [6, 6.07) is 7.59. The van der Waals surface area contributed by atoms with Crippen LogP contribution in [0.15, 0.2) is 30.3 Å². The normalized spacial score (nSPS) is 12.5. The van der Waals surface area contributed by atoms with E-state index in [9.17, 15) is 14.4 Å². The van der Waals surface area contributed by atoms with Crippen molar-refractivity contribution in [2.24, 2.45) is 0 Å². The summed E-state index contributed by atoms with van der Waals surface area (Å²) in [5, 5.41) is -0.0496. The Morgan fingerprint density at radius 3 is 2.17 bits per heavy atom. The van der Waals surface area contributed by atoms with E-state index in [-0.39, 0.29) is 44.7 Å². The molecule has 0 saturated carbocycles. The highest BCUT2D eigenvalue weighted by Gasteiger charge is 2.36. The Labute approximate surface area is 147 Å². The van der Waals surface area contributed by atoms with Crippen molar-refractivity contribution in [2.75, 3.05) is 6.61 Å². The highest BCUT2D eigenvalue weighted by Crippen LogP contribution is 2.41. The molecule has 0 aliphatic heterocycles. The Balaban J connectivity index is 2.24. The van der Waals surface area contributed by atoms with Crippen LogP contribution < -0.4 is 4.74 Å². The maximum atomic E-state index is 12.8. The fourth-order valence-corrected chi connectivity index (χ4v) is 3.11. The lowest BCUT2D eigenvalue weighted by Gasteiger charge is -2.21. The average molecular weight is 365 g/mol. The van der Waals surface area contributed by atoms with Gasteiger partial charge in [-0.15, -0.1) is 0 Å². The van der Waals surface area contributed by atoms with Gasteiger partial charge in [-0.3, -0.25) is 9.59 Å². The number of carbonyl (C=O) groups excluding carboxylic acids is 3. The minimum absolute atomic E-state index is 0.0130. The second kappa shape index (κ2) is 6.26. The summed E-state index contributed by atoms with van der Waals surface area (Å²) in [4.78, 5) is 37.2. The smallest absolute Gasteiger partial charge is 0.434 e. The molecule has 2 aromatic rings. The lowest BCUT2D eigenvalue weighted by atomic mass is 9.83. The number of ether oxygens (including phenoxy) is 2. The van der Waals surface area contributed by atoms with Gasteiger partial charge >= 0.3 is 6.16 Å². The topological polar surface area (TPSA) is 69.7 Å². The van der Waals surface area contributed by atoms with Crippen LogP contribution >= 0.6 is 23.2 Å². The zero-order valence-corrected chi connectivity index (χ0v) is 13.9. The van der Waals surface area contributed by atoms with Gasteiger partial charge in [0.05, 0.1) is 27.8 Å². The van der Waals surface area contributed by atoms with Gasteiger partial charge in [-0.25, -0.2) is 4.79 Å². The number of hydrogen-bond acceptors (Lipinski definition) is 5. The standard InChI is InChI=1S/C17H10Cl2O5/c1-2-23-17(22)24-16-11(19)7-10(18)12-13(16)15(21)9-6-4-3-5-8(9)14(12)20/h3-7H,2H2,1H3. The third kappa shape index (κ3) is 2.56. The number of benzene rings is 2.